The van der Waals surface area contributed by atoms with Gasteiger partial charge in [0.1, 0.15) is 0 Å². The Morgan fingerprint density at radius 2 is 2.40 bits per heavy atom. The third kappa shape index (κ3) is 1.73. The molecule has 1 fully saturated rings. The lowest BCUT2D eigenvalue weighted by molar-refractivity contribution is 0.151. The van der Waals surface area contributed by atoms with Crippen molar-refractivity contribution in [3.8, 4) is 12.3 Å². The summed E-state index contributed by atoms with van der Waals surface area (Å²) in [5.74, 6) is 2.49. The first-order chi connectivity index (χ1) is 4.84. The summed E-state index contributed by atoms with van der Waals surface area (Å²) in [4.78, 5) is 0. The molecule has 0 aromatic rings. The first-order valence-electron chi connectivity index (χ1n) is 3.69. The highest BCUT2D eigenvalue weighted by atomic mass is 16.3. The highest BCUT2D eigenvalue weighted by molar-refractivity contribution is 4.91. The second-order valence-corrected chi connectivity index (χ2v) is 2.69. The lowest BCUT2D eigenvalue weighted by atomic mass is 10.2. The summed E-state index contributed by atoms with van der Waals surface area (Å²) in [6.07, 6.45) is 7.98. The zero-order valence-corrected chi connectivity index (χ0v) is 6.01. The van der Waals surface area contributed by atoms with E-state index in [9.17, 15) is 5.11 Å². The quantitative estimate of drug-likeness (QED) is 0.533. The van der Waals surface area contributed by atoms with Crippen LogP contribution in [0.3, 0.4) is 0 Å². The van der Waals surface area contributed by atoms with Gasteiger partial charge in [-0.15, -0.1) is 6.42 Å². The van der Waals surface area contributed by atoms with Gasteiger partial charge in [0.05, 0.1) is 12.6 Å². The van der Waals surface area contributed by atoms with E-state index in [1.807, 2.05) is 0 Å². The van der Waals surface area contributed by atoms with E-state index in [0.29, 0.717) is 6.54 Å². The fourth-order valence-corrected chi connectivity index (χ4v) is 1.37. The summed E-state index contributed by atoms with van der Waals surface area (Å²) in [5, 5.41) is 12.4. The van der Waals surface area contributed by atoms with Crippen molar-refractivity contribution in [3.05, 3.63) is 0 Å². The third-order valence-corrected chi connectivity index (χ3v) is 1.95. The predicted molar refractivity (Wildman–Crippen MR) is 40.5 cm³/mol. The summed E-state index contributed by atoms with van der Waals surface area (Å²) in [6.45, 7) is 0.571. The van der Waals surface area contributed by atoms with Gasteiger partial charge in [0.15, 0.2) is 0 Å². The van der Waals surface area contributed by atoms with E-state index >= 15 is 0 Å². The number of nitrogens with one attached hydrogen (secondary N) is 1. The molecule has 0 aromatic heterocycles. The van der Waals surface area contributed by atoms with Gasteiger partial charge in [-0.2, -0.15) is 0 Å². The molecule has 1 aliphatic carbocycles. The van der Waals surface area contributed by atoms with Gasteiger partial charge in [-0.05, 0) is 19.3 Å². The van der Waals surface area contributed by atoms with Crippen LogP contribution < -0.4 is 5.32 Å². The van der Waals surface area contributed by atoms with Gasteiger partial charge in [0.2, 0.25) is 0 Å². The van der Waals surface area contributed by atoms with Gasteiger partial charge in [-0.25, -0.2) is 0 Å². The molecule has 0 radical (unpaired) electrons. The van der Waals surface area contributed by atoms with Gasteiger partial charge in [-0.1, -0.05) is 5.92 Å². The maximum Gasteiger partial charge on any atom is 0.0693 e. The maximum atomic E-state index is 9.28. The highest BCUT2D eigenvalue weighted by Gasteiger charge is 2.23. The normalized spacial score (nSPS) is 32.0. The molecule has 1 saturated carbocycles. The van der Waals surface area contributed by atoms with Crippen LogP contribution in [-0.4, -0.2) is 23.8 Å². The zero-order chi connectivity index (χ0) is 7.40. The van der Waals surface area contributed by atoms with Crippen LogP contribution in [0.25, 0.3) is 0 Å². The second kappa shape index (κ2) is 3.60. The van der Waals surface area contributed by atoms with Crippen LogP contribution in [0.5, 0.6) is 0 Å². The summed E-state index contributed by atoms with van der Waals surface area (Å²) >= 11 is 0. The molecule has 0 spiro atoms. The molecular weight excluding hydrogens is 126 g/mol. The molecule has 1 rings (SSSR count). The Hall–Kier alpha value is -0.520. The molecule has 0 unspecified atom stereocenters. The number of terminal acetylenes is 1. The monoisotopic (exact) mass is 139 g/mol. The number of hydrogen-bond acceptors (Lipinski definition) is 2. The molecule has 0 saturated heterocycles. The second-order valence-electron chi connectivity index (χ2n) is 2.69. The molecule has 10 heavy (non-hydrogen) atoms. The van der Waals surface area contributed by atoms with E-state index in [1.165, 1.54) is 0 Å². The van der Waals surface area contributed by atoms with Gasteiger partial charge in [0, 0.05) is 6.04 Å². The molecule has 0 aromatic carbocycles. The fourth-order valence-electron chi connectivity index (χ4n) is 1.37. The average molecular weight is 139 g/mol. The molecule has 2 heteroatoms. The van der Waals surface area contributed by atoms with Crippen LogP contribution in [0.2, 0.25) is 0 Å². The molecule has 56 valence electrons. The molecule has 1 aliphatic rings. The predicted octanol–water partition coefficient (Wildman–Crippen LogP) is 0.123. The zero-order valence-electron chi connectivity index (χ0n) is 6.01. The van der Waals surface area contributed by atoms with Gasteiger partial charge in [-0.3, -0.25) is 0 Å². The molecule has 2 N–H and O–H groups in total. The van der Waals surface area contributed by atoms with Crippen LogP contribution in [-0.2, 0) is 0 Å². The maximum absolute atomic E-state index is 9.28. The first kappa shape index (κ1) is 7.59. The Morgan fingerprint density at radius 1 is 1.60 bits per heavy atom. The lowest BCUT2D eigenvalue weighted by Gasteiger charge is -2.13. The molecular formula is C8H13NO. The van der Waals surface area contributed by atoms with E-state index in [2.05, 4.69) is 11.2 Å². The Morgan fingerprint density at radius 3 is 2.90 bits per heavy atom. The molecule has 0 aliphatic heterocycles. The van der Waals surface area contributed by atoms with Crippen molar-refractivity contribution >= 4 is 0 Å². The number of rotatable bonds is 2. The summed E-state index contributed by atoms with van der Waals surface area (Å²) in [6, 6.07) is 0.246. The number of aliphatic hydroxyl groups is 1. The van der Waals surface area contributed by atoms with Crippen LogP contribution >= 0.6 is 0 Å². The van der Waals surface area contributed by atoms with E-state index in [0.717, 1.165) is 19.3 Å². The number of aliphatic hydroxyl groups excluding tert-OH is 1. The molecule has 0 heterocycles. The Labute approximate surface area is 61.6 Å². The molecule has 0 bridgehead atoms. The largest absolute Gasteiger partial charge is 0.392 e. The minimum atomic E-state index is -0.173. The fraction of sp³-hybridized carbons (Fsp3) is 0.750. The SMILES string of the molecule is C#CCN[C@H]1CCC[C@@H]1O. The summed E-state index contributed by atoms with van der Waals surface area (Å²) in [7, 11) is 0. The standard InChI is InChI=1S/C8H13NO/c1-2-6-9-7-4-3-5-8(7)10/h1,7-10H,3-6H2/t7-,8-/m0/s1. The van der Waals surface area contributed by atoms with Crippen molar-refractivity contribution in [2.75, 3.05) is 6.54 Å². The van der Waals surface area contributed by atoms with E-state index < -0.39 is 0 Å². The van der Waals surface area contributed by atoms with Gasteiger partial charge < -0.3 is 10.4 Å². The van der Waals surface area contributed by atoms with Gasteiger partial charge >= 0.3 is 0 Å². The topological polar surface area (TPSA) is 32.3 Å². The smallest absolute Gasteiger partial charge is 0.0693 e. The van der Waals surface area contributed by atoms with Crippen molar-refractivity contribution in [2.24, 2.45) is 0 Å². The minimum absolute atomic E-state index is 0.173. The Bertz CT molecular complexity index is 139. The van der Waals surface area contributed by atoms with E-state index in [4.69, 9.17) is 6.42 Å². The summed E-state index contributed by atoms with van der Waals surface area (Å²) in [5.41, 5.74) is 0. The highest BCUT2D eigenvalue weighted by Crippen LogP contribution is 2.18. The van der Waals surface area contributed by atoms with E-state index in [-0.39, 0.29) is 12.1 Å². The van der Waals surface area contributed by atoms with Crippen molar-refractivity contribution in [1.82, 2.24) is 5.32 Å². The Balaban J connectivity index is 2.21. The molecule has 2 atom stereocenters. The van der Waals surface area contributed by atoms with Gasteiger partial charge in [0.25, 0.3) is 0 Å². The minimum Gasteiger partial charge on any atom is -0.392 e. The van der Waals surface area contributed by atoms with E-state index in [1.54, 1.807) is 0 Å². The summed E-state index contributed by atoms with van der Waals surface area (Å²) < 4.78 is 0. The average Bonchev–Trinajstić information content (AvgIpc) is 2.31. The van der Waals surface area contributed by atoms with Crippen molar-refractivity contribution in [2.45, 2.75) is 31.4 Å². The van der Waals surface area contributed by atoms with Crippen molar-refractivity contribution in [1.29, 1.82) is 0 Å². The van der Waals surface area contributed by atoms with Crippen molar-refractivity contribution in [3.63, 3.8) is 0 Å². The third-order valence-electron chi connectivity index (χ3n) is 1.95. The lowest BCUT2D eigenvalue weighted by Crippen LogP contribution is -2.35. The first-order valence-corrected chi connectivity index (χ1v) is 3.69. The van der Waals surface area contributed by atoms with Crippen LogP contribution in [0.1, 0.15) is 19.3 Å². The van der Waals surface area contributed by atoms with Crippen LogP contribution in [0.15, 0.2) is 0 Å². The van der Waals surface area contributed by atoms with Crippen molar-refractivity contribution < 1.29 is 5.11 Å². The van der Waals surface area contributed by atoms with Crippen LogP contribution in [0, 0.1) is 12.3 Å². The Kier molecular flexibility index (Phi) is 2.73. The molecule has 2 nitrogen and oxygen atoms in total. The van der Waals surface area contributed by atoms with Crippen LogP contribution in [0.4, 0.5) is 0 Å². The molecule has 0 amide bonds. The number of hydrogen-bond donors (Lipinski definition) is 2.